The highest BCUT2D eigenvalue weighted by Gasteiger charge is 2.19. The predicted molar refractivity (Wildman–Crippen MR) is 77.2 cm³/mol. The molecule has 3 N–H and O–H groups in total. The number of ether oxygens (including phenoxy) is 1. The molecule has 2 rings (SSSR count). The van der Waals surface area contributed by atoms with Crippen LogP contribution >= 0.6 is 11.3 Å². The number of nitrogens with two attached hydrogens (primary N) is 1. The average Bonchev–Trinajstić information content (AvgIpc) is 2.93. The Hall–Kier alpha value is -2.94. The first-order valence-electron chi connectivity index (χ1n) is 6.01. The molecule has 0 fully saturated rings. The topological polar surface area (TPSA) is 125 Å². The minimum absolute atomic E-state index is 0.171. The fourth-order valence-corrected chi connectivity index (χ4v) is 2.36. The second-order valence-electron chi connectivity index (χ2n) is 4.06. The van der Waals surface area contributed by atoms with E-state index in [1.165, 1.54) is 24.3 Å². The smallest absolute Gasteiger partial charge is 0.405 e. The lowest BCUT2D eigenvalue weighted by Gasteiger charge is -2.06. The van der Waals surface area contributed by atoms with Gasteiger partial charge in [0.05, 0.1) is 5.56 Å². The zero-order valence-electron chi connectivity index (χ0n) is 11.1. The fourth-order valence-electron chi connectivity index (χ4n) is 1.55. The molecule has 0 radical (unpaired) electrons. The van der Waals surface area contributed by atoms with Gasteiger partial charge in [0.2, 0.25) is 0 Å². The number of rotatable bonds is 5. The summed E-state index contributed by atoms with van der Waals surface area (Å²) in [5.41, 5.74) is 5.08. The number of carbonyl (C=O) groups is 3. The first-order chi connectivity index (χ1) is 10.5. The van der Waals surface area contributed by atoms with E-state index in [1.54, 1.807) is 5.38 Å². The number of esters is 1. The van der Waals surface area contributed by atoms with Crippen LogP contribution in [0.2, 0.25) is 0 Å². The number of primary amides is 1. The Balaban J connectivity index is 1.93. The van der Waals surface area contributed by atoms with Gasteiger partial charge < -0.3 is 21.0 Å². The lowest BCUT2D eigenvalue weighted by atomic mass is 10.3. The summed E-state index contributed by atoms with van der Waals surface area (Å²) in [6.07, 6.45) is 1.14. The number of nitrogens with one attached hydrogen (secondary N) is 1. The minimum atomic E-state index is -0.924. The maximum Gasteiger partial charge on any atom is 0.405 e. The van der Waals surface area contributed by atoms with Gasteiger partial charge in [-0.15, -0.1) is 11.3 Å². The summed E-state index contributed by atoms with van der Waals surface area (Å²) < 4.78 is 5.07. The summed E-state index contributed by atoms with van der Waals surface area (Å²) in [5.74, 6) is -2.25. The molecule has 0 aromatic carbocycles. The molecule has 8 nitrogen and oxygen atoms in total. The van der Waals surface area contributed by atoms with Gasteiger partial charge >= 0.3 is 11.7 Å². The second-order valence-corrected chi connectivity index (χ2v) is 4.98. The van der Waals surface area contributed by atoms with E-state index in [0.29, 0.717) is 4.73 Å². The van der Waals surface area contributed by atoms with E-state index in [0.717, 1.165) is 17.5 Å². The standard InChI is InChI=1S/C13H11N3O5S/c14-11(18)8-4-6-22-12(8)15-10(17)7-21-13(19)9-3-1-2-5-16(9)20/h1-6H,7H2,(H2,14,18)(H,15,17). The maximum atomic E-state index is 11.7. The monoisotopic (exact) mass is 321 g/mol. The highest BCUT2D eigenvalue weighted by Crippen LogP contribution is 2.22. The summed E-state index contributed by atoms with van der Waals surface area (Å²) in [5, 5.41) is 15.6. The molecule has 0 bridgehead atoms. The number of thiophene rings is 1. The highest BCUT2D eigenvalue weighted by molar-refractivity contribution is 7.14. The number of nitrogens with zero attached hydrogens (tertiary/aromatic N) is 1. The lowest BCUT2D eigenvalue weighted by Crippen LogP contribution is -2.35. The number of aromatic nitrogens is 1. The van der Waals surface area contributed by atoms with Crippen molar-refractivity contribution in [1.29, 1.82) is 0 Å². The number of anilines is 1. The molecule has 0 atom stereocenters. The molecule has 2 amide bonds. The van der Waals surface area contributed by atoms with E-state index >= 15 is 0 Å². The highest BCUT2D eigenvalue weighted by atomic mass is 32.1. The van der Waals surface area contributed by atoms with Gasteiger partial charge in [-0.2, -0.15) is 4.73 Å². The fraction of sp³-hybridized carbons (Fsp3) is 0.0769. The molecule has 0 unspecified atom stereocenters. The molecule has 0 spiro atoms. The van der Waals surface area contributed by atoms with Gasteiger partial charge in [0.25, 0.3) is 11.8 Å². The first kappa shape index (κ1) is 15.4. The molecule has 0 saturated heterocycles. The Bertz CT molecular complexity index is 728. The van der Waals surface area contributed by atoms with E-state index in [4.69, 9.17) is 10.5 Å². The van der Waals surface area contributed by atoms with E-state index in [2.05, 4.69) is 5.32 Å². The summed E-state index contributed by atoms with van der Waals surface area (Å²) >= 11 is 1.11. The van der Waals surface area contributed by atoms with Crippen molar-refractivity contribution in [2.24, 2.45) is 5.73 Å². The van der Waals surface area contributed by atoms with Gasteiger partial charge in [-0.25, -0.2) is 4.79 Å². The van der Waals surface area contributed by atoms with Crippen molar-refractivity contribution in [3.8, 4) is 0 Å². The molecule has 0 aliphatic carbocycles. The van der Waals surface area contributed by atoms with E-state index in [1.807, 2.05) is 0 Å². The Morgan fingerprint density at radius 1 is 1.32 bits per heavy atom. The van der Waals surface area contributed by atoms with E-state index in [9.17, 15) is 19.6 Å². The van der Waals surface area contributed by atoms with Crippen LogP contribution in [0.15, 0.2) is 35.8 Å². The van der Waals surface area contributed by atoms with Crippen molar-refractivity contribution in [3.05, 3.63) is 52.3 Å². The molecule has 0 saturated carbocycles. The second kappa shape index (κ2) is 6.68. The molecular weight excluding hydrogens is 310 g/mol. The molecule has 114 valence electrons. The Morgan fingerprint density at radius 2 is 2.09 bits per heavy atom. The van der Waals surface area contributed by atoms with E-state index < -0.39 is 24.4 Å². The summed E-state index contributed by atoms with van der Waals surface area (Å²) in [7, 11) is 0. The summed E-state index contributed by atoms with van der Waals surface area (Å²) in [4.78, 5) is 34.4. The van der Waals surface area contributed by atoms with Gasteiger partial charge in [-0.3, -0.25) is 9.59 Å². The molecule has 0 aliphatic rings. The average molecular weight is 321 g/mol. The van der Waals surface area contributed by atoms with Crippen molar-refractivity contribution in [3.63, 3.8) is 0 Å². The third-order valence-corrected chi connectivity index (χ3v) is 3.38. The largest absolute Gasteiger partial charge is 0.618 e. The Labute approximate surface area is 128 Å². The van der Waals surface area contributed by atoms with Crippen LogP contribution in [0.1, 0.15) is 20.8 Å². The van der Waals surface area contributed by atoms with Crippen LogP contribution in [-0.2, 0) is 9.53 Å². The normalized spacial score (nSPS) is 10.0. The van der Waals surface area contributed by atoms with Gasteiger partial charge in [0.1, 0.15) is 5.00 Å². The Morgan fingerprint density at radius 3 is 2.77 bits per heavy atom. The van der Waals surface area contributed by atoms with E-state index in [-0.39, 0.29) is 16.3 Å². The molecule has 22 heavy (non-hydrogen) atoms. The van der Waals surface area contributed by atoms with Crippen LogP contribution in [0, 0.1) is 5.21 Å². The van der Waals surface area contributed by atoms with Gasteiger partial charge in [-0.1, -0.05) is 0 Å². The van der Waals surface area contributed by atoms with Gasteiger partial charge in [-0.05, 0) is 17.5 Å². The lowest BCUT2D eigenvalue weighted by molar-refractivity contribution is -0.608. The number of amides is 2. The van der Waals surface area contributed by atoms with Crippen molar-refractivity contribution in [2.45, 2.75) is 0 Å². The van der Waals surface area contributed by atoms with Crippen LogP contribution in [-0.4, -0.2) is 24.4 Å². The third-order valence-electron chi connectivity index (χ3n) is 2.55. The van der Waals surface area contributed by atoms with Crippen molar-refractivity contribution in [2.75, 3.05) is 11.9 Å². The van der Waals surface area contributed by atoms with Crippen LogP contribution < -0.4 is 15.8 Å². The molecule has 2 aromatic rings. The maximum absolute atomic E-state index is 11.7. The predicted octanol–water partition coefficient (Wildman–Crippen LogP) is 0.276. The molecule has 2 aromatic heterocycles. The minimum Gasteiger partial charge on any atom is -0.618 e. The van der Waals surface area contributed by atoms with Crippen LogP contribution in [0.3, 0.4) is 0 Å². The number of hydrogen-bond donors (Lipinski definition) is 2. The number of hydrogen-bond acceptors (Lipinski definition) is 6. The van der Waals surface area contributed by atoms with Crippen molar-refractivity contribution >= 4 is 34.1 Å². The molecule has 2 heterocycles. The molecule has 9 heteroatoms. The molecule has 0 aliphatic heterocycles. The van der Waals surface area contributed by atoms with Crippen molar-refractivity contribution in [1.82, 2.24) is 0 Å². The number of carbonyl (C=O) groups excluding carboxylic acids is 3. The number of pyridine rings is 1. The van der Waals surface area contributed by atoms with Crippen LogP contribution in [0.5, 0.6) is 0 Å². The Kier molecular flexibility index (Phi) is 4.69. The van der Waals surface area contributed by atoms with Crippen LogP contribution in [0.4, 0.5) is 5.00 Å². The van der Waals surface area contributed by atoms with Crippen molar-refractivity contribution < 1.29 is 23.9 Å². The third kappa shape index (κ3) is 3.58. The van der Waals surface area contributed by atoms with Gasteiger partial charge in [0, 0.05) is 12.1 Å². The zero-order valence-corrected chi connectivity index (χ0v) is 12.0. The van der Waals surface area contributed by atoms with Gasteiger partial charge in [0.15, 0.2) is 12.8 Å². The summed E-state index contributed by atoms with van der Waals surface area (Å²) in [6.45, 7) is -0.593. The molecular formula is C13H11N3O5S. The van der Waals surface area contributed by atoms with Crippen LogP contribution in [0.25, 0.3) is 0 Å². The summed E-state index contributed by atoms with van der Waals surface area (Å²) in [6, 6.07) is 5.70. The zero-order chi connectivity index (χ0) is 16.1. The SMILES string of the molecule is NC(=O)c1ccsc1NC(=O)COC(=O)c1cccc[n+]1[O-]. The first-order valence-corrected chi connectivity index (χ1v) is 6.89. The quantitative estimate of drug-likeness (QED) is 0.464.